The third kappa shape index (κ3) is 3.66. The molecule has 6 heteroatoms. The highest BCUT2D eigenvalue weighted by Crippen LogP contribution is 2.27. The van der Waals surface area contributed by atoms with Gasteiger partial charge in [0.15, 0.2) is 5.69 Å². The van der Waals surface area contributed by atoms with Gasteiger partial charge in [-0.05, 0) is 45.2 Å². The van der Waals surface area contributed by atoms with Crippen molar-refractivity contribution in [1.82, 2.24) is 13.9 Å². The summed E-state index contributed by atoms with van der Waals surface area (Å²) in [5.74, 6) is 1.22. The molecule has 1 aliphatic rings. The Balaban J connectivity index is 0.00000245. The molecule has 0 aliphatic carbocycles. The highest BCUT2D eigenvalue weighted by Gasteiger charge is 2.32. The summed E-state index contributed by atoms with van der Waals surface area (Å²) in [6.45, 7) is 5.15. The molecule has 0 spiro atoms. The zero-order valence-electron chi connectivity index (χ0n) is 18.9. The van der Waals surface area contributed by atoms with Gasteiger partial charge in [-0.15, -0.1) is 0 Å². The predicted molar refractivity (Wildman–Crippen MR) is 123 cm³/mol. The van der Waals surface area contributed by atoms with Gasteiger partial charge in [0.1, 0.15) is 6.20 Å². The number of fused-ring (bicyclic) bond motifs is 1. The van der Waals surface area contributed by atoms with Crippen LogP contribution in [0.4, 0.5) is 0 Å². The molecule has 2 aromatic heterocycles. The summed E-state index contributed by atoms with van der Waals surface area (Å²) in [4.78, 5) is 13.8. The maximum absolute atomic E-state index is 13.8. The Labute approximate surface area is 199 Å². The molecule has 3 heterocycles. The highest BCUT2D eigenvalue weighted by atomic mass is 79.9. The largest absolute Gasteiger partial charge is 1.00 e. The monoisotopic (exact) mass is 492 g/mol. The maximum atomic E-state index is 13.8. The Morgan fingerprint density at radius 3 is 2.34 bits per heavy atom. The van der Waals surface area contributed by atoms with Crippen LogP contribution < -0.4 is 27.1 Å². The molecule has 166 valence electrons. The van der Waals surface area contributed by atoms with E-state index in [-0.39, 0.29) is 22.5 Å². The second kappa shape index (κ2) is 8.94. The van der Waals surface area contributed by atoms with Gasteiger partial charge in [-0.25, -0.2) is 9.25 Å². The minimum absolute atomic E-state index is 0. The second-order valence-corrected chi connectivity index (χ2v) is 8.55. The Morgan fingerprint density at radius 1 is 0.906 bits per heavy atom. The number of aryl methyl sites for hydroxylation is 2. The van der Waals surface area contributed by atoms with Crippen molar-refractivity contribution in [2.45, 2.75) is 46.1 Å². The van der Waals surface area contributed by atoms with Crippen molar-refractivity contribution >= 4 is 0 Å². The number of rotatable bonds is 3. The third-order valence-electron chi connectivity index (χ3n) is 6.50. The van der Waals surface area contributed by atoms with Crippen LogP contribution in [0.3, 0.4) is 0 Å². The van der Waals surface area contributed by atoms with Crippen molar-refractivity contribution in [3.05, 3.63) is 88.2 Å². The fourth-order valence-electron chi connectivity index (χ4n) is 4.73. The standard InChI is InChI=1S/C26H29N4O.BrH/c1-19-13-15-21(16-14-19)23-18-28-17-9-5-8-12-24(28)29(23)25-20(2)27(3)30(26(25)31)22-10-6-4-7-11-22;/h4,6-7,10-11,13-16,18H,5,8-9,12,17H2,1-3H3;1H/q+1;/p-1. The molecule has 5 rings (SSSR count). The number of nitrogens with zero attached hydrogens (tertiary/aromatic N) is 4. The summed E-state index contributed by atoms with van der Waals surface area (Å²) in [7, 11) is 1.97. The van der Waals surface area contributed by atoms with E-state index in [2.05, 4.69) is 46.5 Å². The number of imidazole rings is 1. The maximum Gasteiger partial charge on any atom is 0.319 e. The summed E-state index contributed by atoms with van der Waals surface area (Å²) in [6.07, 6.45) is 6.77. The number of hydrogen-bond acceptors (Lipinski definition) is 1. The van der Waals surface area contributed by atoms with Crippen molar-refractivity contribution in [2.75, 3.05) is 0 Å². The lowest BCUT2D eigenvalue weighted by molar-refractivity contribution is -0.702. The van der Waals surface area contributed by atoms with Crippen molar-refractivity contribution in [1.29, 1.82) is 0 Å². The van der Waals surface area contributed by atoms with Gasteiger partial charge in [0, 0.05) is 19.0 Å². The molecule has 0 atom stereocenters. The molecule has 0 N–H and O–H groups in total. The van der Waals surface area contributed by atoms with Crippen LogP contribution in [0.2, 0.25) is 0 Å². The van der Waals surface area contributed by atoms with Gasteiger partial charge in [0.2, 0.25) is 5.69 Å². The van der Waals surface area contributed by atoms with E-state index in [1.165, 1.54) is 24.2 Å². The molecule has 0 radical (unpaired) electrons. The molecule has 2 aromatic carbocycles. The van der Waals surface area contributed by atoms with Crippen molar-refractivity contribution in [3.63, 3.8) is 0 Å². The molecule has 4 aromatic rings. The fraction of sp³-hybridized carbons (Fsp3) is 0.308. The first-order chi connectivity index (χ1) is 15.1. The second-order valence-electron chi connectivity index (χ2n) is 8.55. The zero-order chi connectivity index (χ0) is 21.5. The van der Waals surface area contributed by atoms with Crippen LogP contribution in [0.5, 0.6) is 0 Å². The molecule has 0 saturated carbocycles. The summed E-state index contributed by atoms with van der Waals surface area (Å²) in [5.41, 5.74) is 6.07. The van der Waals surface area contributed by atoms with Gasteiger partial charge >= 0.3 is 5.56 Å². The van der Waals surface area contributed by atoms with Gasteiger partial charge in [0.25, 0.3) is 5.82 Å². The van der Waals surface area contributed by atoms with Gasteiger partial charge < -0.3 is 17.0 Å². The molecular weight excluding hydrogens is 464 g/mol. The van der Waals surface area contributed by atoms with E-state index in [9.17, 15) is 4.79 Å². The van der Waals surface area contributed by atoms with Gasteiger partial charge in [0.05, 0.1) is 17.9 Å². The van der Waals surface area contributed by atoms with Gasteiger partial charge in [-0.3, -0.25) is 9.48 Å². The van der Waals surface area contributed by atoms with E-state index in [0.29, 0.717) is 0 Å². The summed E-state index contributed by atoms with van der Waals surface area (Å²) < 4.78 is 8.34. The molecule has 1 aliphatic heterocycles. The first-order valence-electron chi connectivity index (χ1n) is 11.1. The summed E-state index contributed by atoms with van der Waals surface area (Å²) in [5, 5.41) is 0. The van der Waals surface area contributed by atoms with Gasteiger partial charge in [-0.1, -0.05) is 48.0 Å². The van der Waals surface area contributed by atoms with E-state index >= 15 is 0 Å². The zero-order valence-corrected chi connectivity index (χ0v) is 20.5. The molecule has 0 bridgehead atoms. The van der Waals surface area contributed by atoms with E-state index in [4.69, 9.17) is 0 Å². The first kappa shape index (κ1) is 22.3. The van der Waals surface area contributed by atoms with E-state index in [0.717, 1.165) is 47.7 Å². The molecule has 0 fully saturated rings. The fourth-order valence-corrected chi connectivity index (χ4v) is 4.73. The van der Waals surface area contributed by atoms with Crippen LogP contribution in [0, 0.1) is 13.8 Å². The van der Waals surface area contributed by atoms with Crippen molar-refractivity contribution in [2.24, 2.45) is 7.05 Å². The molecule has 32 heavy (non-hydrogen) atoms. The van der Waals surface area contributed by atoms with Crippen LogP contribution in [0.1, 0.15) is 36.3 Å². The molecule has 0 saturated heterocycles. The molecular formula is C26H29BrN4O. The quantitative estimate of drug-likeness (QED) is 0.396. The average molecular weight is 493 g/mol. The van der Waals surface area contributed by atoms with Crippen LogP contribution >= 0.6 is 0 Å². The normalized spacial score (nSPS) is 13.3. The lowest BCUT2D eigenvalue weighted by Gasteiger charge is -2.07. The van der Waals surface area contributed by atoms with Crippen molar-refractivity contribution in [3.8, 4) is 22.6 Å². The Bertz CT molecular complexity index is 1300. The molecule has 5 nitrogen and oxygen atoms in total. The minimum atomic E-state index is 0. The summed E-state index contributed by atoms with van der Waals surface area (Å²) >= 11 is 0. The molecule has 0 unspecified atom stereocenters. The molecule has 0 amide bonds. The van der Waals surface area contributed by atoms with E-state index in [1.807, 2.05) is 49.0 Å². The van der Waals surface area contributed by atoms with Crippen LogP contribution in [-0.4, -0.2) is 13.9 Å². The SMILES string of the molecule is Cc1ccc(-c2c[n+]3c(n2-c2c(C)n(C)n(-c4ccccc4)c2=O)CCCCC3)cc1.[Br-]. The smallest absolute Gasteiger partial charge is 0.319 e. The number of aromatic nitrogens is 4. The Hall–Kier alpha value is -2.86. The lowest BCUT2D eigenvalue weighted by atomic mass is 10.1. The minimum Gasteiger partial charge on any atom is -1.00 e. The Morgan fingerprint density at radius 2 is 1.62 bits per heavy atom. The first-order valence-corrected chi connectivity index (χ1v) is 11.1. The number of benzene rings is 2. The number of para-hydroxylation sites is 1. The van der Waals surface area contributed by atoms with E-state index in [1.54, 1.807) is 4.68 Å². The number of hydrogen-bond donors (Lipinski definition) is 0. The Kier molecular flexibility index (Phi) is 6.24. The van der Waals surface area contributed by atoms with Crippen LogP contribution in [0.25, 0.3) is 22.6 Å². The third-order valence-corrected chi connectivity index (χ3v) is 6.50. The van der Waals surface area contributed by atoms with E-state index < -0.39 is 0 Å². The summed E-state index contributed by atoms with van der Waals surface area (Å²) in [6, 6.07) is 18.5. The van der Waals surface area contributed by atoms with Crippen molar-refractivity contribution < 1.29 is 21.5 Å². The average Bonchev–Trinajstić information content (AvgIpc) is 3.10. The predicted octanol–water partition coefficient (Wildman–Crippen LogP) is 1.27. The highest BCUT2D eigenvalue weighted by molar-refractivity contribution is 5.62. The van der Waals surface area contributed by atoms with Gasteiger partial charge in [-0.2, -0.15) is 4.57 Å². The number of halogens is 1. The van der Waals surface area contributed by atoms with Crippen LogP contribution in [0.15, 0.2) is 65.6 Å². The lowest BCUT2D eigenvalue weighted by Crippen LogP contribution is -3.00. The van der Waals surface area contributed by atoms with Crippen LogP contribution in [-0.2, 0) is 20.0 Å². The topological polar surface area (TPSA) is 35.7 Å².